The van der Waals surface area contributed by atoms with Crippen molar-refractivity contribution in [1.29, 1.82) is 0 Å². The van der Waals surface area contributed by atoms with Crippen LogP contribution in [0.15, 0.2) is 83.9 Å². The highest BCUT2D eigenvalue weighted by Gasteiger charge is 2.14. The third-order valence-electron chi connectivity index (χ3n) is 4.73. The number of hydrogen-bond acceptors (Lipinski definition) is 7. The predicted molar refractivity (Wildman–Crippen MR) is 114 cm³/mol. The van der Waals surface area contributed by atoms with E-state index in [1.54, 1.807) is 43.0 Å². The summed E-state index contributed by atoms with van der Waals surface area (Å²) in [6, 6.07) is 16.4. The maximum absolute atomic E-state index is 12.8. The highest BCUT2D eigenvalue weighted by molar-refractivity contribution is 6.06. The number of carbonyl (C=O) groups excluding carboxylic acids is 1. The molecule has 0 aliphatic heterocycles. The second-order valence-electron chi connectivity index (χ2n) is 6.80. The molecule has 1 N–H and O–H groups in total. The standard InChI is InChI=1S/C23H16N6O2/c30-23(16-7-8-19-20(12-16)26-11-10-25-19)27-18-6-2-1-4-15(18)13-21-28-22(29-31-21)17-5-3-9-24-14-17/h1-12,14H,13H2,(H,27,30). The summed E-state index contributed by atoms with van der Waals surface area (Å²) in [6.45, 7) is 0. The van der Waals surface area contributed by atoms with Gasteiger partial charge in [-0.1, -0.05) is 23.4 Å². The Hall–Kier alpha value is -4.46. The molecule has 0 atom stereocenters. The monoisotopic (exact) mass is 408 g/mol. The third-order valence-corrected chi connectivity index (χ3v) is 4.73. The summed E-state index contributed by atoms with van der Waals surface area (Å²) < 4.78 is 5.40. The molecule has 5 rings (SSSR count). The summed E-state index contributed by atoms with van der Waals surface area (Å²) in [7, 11) is 0. The first kappa shape index (κ1) is 18.6. The Labute approximate surface area is 177 Å². The second-order valence-corrected chi connectivity index (χ2v) is 6.80. The van der Waals surface area contributed by atoms with Gasteiger partial charge in [-0.25, -0.2) is 0 Å². The highest BCUT2D eigenvalue weighted by atomic mass is 16.5. The lowest BCUT2D eigenvalue weighted by Gasteiger charge is -2.10. The molecular weight excluding hydrogens is 392 g/mol. The number of hydrogen-bond donors (Lipinski definition) is 1. The van der Waals surface area contributed by atoms with Crippen LogP contribution in [0.2, 0.25) is 0 Å². The topological polar surface area (TPSA) is 107 Å². The average Bonchev–Trinajstić information content (AvgIpc) is 3.29. The van der Waals surface area contributed by atoms with Gasteiger partial charge in [0.25, 0.3) is 5.91 Å². The zero-order chi connectivity index (χ0) is 21.0. The molecule has 0 aliphatic rings. The number of amides is 1. The summed E-state index contributed by atoms with van der Waals surface area (Å²) in [5.74, 6) is 0.685. The Morgan fingerprint density at radius 1 is 0.935 bits per heavy atom. The maximum atomic E-state index is 12.8. The average molecular weight is 408 g/mol. The van der Waals surface area contributed by atoms with Crippen molar-refractivity contribution in [3.05, 3.63) is 96.4 Å². The van der Waals surface area contributed by atoms with E-state index >= 15 is 0 Å². The SMILES string of the molecule is O=C(Nc1ccccc1Cc1nc(-c2cccnc2)no1)c1ccc2nccnc2c1. The number of anilines is 1. The Morgan fingerprint density at radius 3 is 2.68 bits per heavy atom. The Kier molecular flexibility index (Phi) is 4.86. The number of carbonyl (C=O) groups is 1. The molecule has 150 valence electrons. The molecule has 3 heterocycles. The van der Waals surface area contributed by atoms with Gasteiger partial charge in [-0.15, -0.1) is 0 Å². The fourth-order valence-corrected chi connectivity index (χ4v) is 3.20. The van der Waals surface area contributed by atoms with E-state index in [0.717, 1.165) is 16.6 Å². The molecule has 0 spiro atoms. The minimum Gasteiger partial charge on any atom is -0.339 e. The first-order chi connectivity index (χ1) is 15.3. The van der Waals surface area contributed by atoms with E-state index in [0.29, 0.717) is 34.9 Å². The van der Waals surface area contributed by atoms with Gasteiger partial charge >= 0.3 is 0 Å². The van der Waals surface area contributed by atoms with Crippen LogP contribution in [-0.2, 0) is 6.42 Å². The van der Waals surface area contributed by atoms with Gasteiger partial charge in [-0.05, 0) is 42.0 Å². The van der Waals surface area contributed by atoms with Crippen LogP contribution in [-0.4, -0.2) is 31.0 Å². The molecule has 0 radical (unpaired) electrons. The smallest absolute Gasteiger partial charge is 0.255 e. The number of nitrogens with one attached hydrogen (secondary N) is 1. The van der Waals surface area contributed by atoms with Crippen LogP contribution in [0.25, 0.3) is 22.4 Å². The van der Waals surface area contributed by atoms with Crippen LogP contribution in [0.4, 0.5) is 5.69 Å². The molecule has 31 heavy (non-hydrogen) atoms. The molecule has 0 fully saturated rings. The number of nitrogens with zero attached hydrogens (tertiary/aromatic N) is 5. The molecule has 1 amide bonds. The molecule has 3 aromatic heterocycles. The van der Waals surface area contributed by atoms with Crippen molar-refractivity contribution in [2.75, 3.05) is 5.32 Å². The van der Waals surface area contributed by atoms with E-state index in [1.807, 2.05) is 36.4 Å². The minimum atomic E-state index is -0.235. The van der Waals surface area contributed by atoms with E-state index in [1.165, 1.54) is 0 Å². The Morgan fingerprint density at radius 2 is 1.81 bits per heavy atom. The van der Waals surface area contributed by atoms with Gasteiger partial charge in [-0.3, -0.25) is 19.7 Å². The van der Waals surface area contributed by atoms with Crippen molar-refractivity contribution in [2.24, 2.45) is 0 Å². The van der Waals surface area contributed by atoms with Crippen molar-refractivity contribution in [3.8, 4) is 11.4 Å². The van der Waals surface area contributed by atoms with Gasteiger partial charge in [-0.2, -0.15) is 4.98 Å². The first-order valence-corrected chi connectivity index (χ1v) is 9.59. The van der Waals surface area contributed by atoms with Gasteiger partial charge in [0, 0.05) is 41.6 Å². The molecule has 8 nitrogen and oxygen atoms in total. The number of para-hydroxylation sites is 1. The van der Waals surface area contributed by atoms with Crippen molar-refractivity contribution >= 4 is 22.6 Å². The van der Waals surface area contributed by atoms with Crippen LogP contribution in [0.3, 0.4) is 0 Å². The lowest BCUT2D eigenvalue weighted by atomic mass is 10.1. The van der Waals surface area contributed by atoms with Crippen molar-refractivity contribution in [3.63, 3.8) is 0 Å². The minimum absolute atomic E-state index is 0.235. The first-order valence-electron chi connectivity index (χ1n) is 9.59. The second kappa shape index (κ2) is 8.11. The molecule has 0 unspecified atom stereocenters. The summed E-state index contributed by atoms with van der Waals surface area (Å²) >= 11 is 0. The van der Waals surface area contributed by atoms with Crippen LogP contribution in [0.5, 0.6) is 0 Å². The zero-order valence-corrected chi connectivity index (χ0v) is 16.3. The number of fused-ring (bicyclic) bond motifs is 1. The number of benzene rings is 2. The van der Waals surface area contributed by atoms with E-state index in [4.69, 9.17) is 4.52 Å². The van der Waals surface area contributed by atoms with Gasteiger partial charge < -0.3 is 9.84 Å². The molecular formula is C23H16N6O2. The van der Waals surface area contributed by atoms with Crippen molar-refractivity contribution < 1.29 is 9.32 Å². The summed E-state index contributed by atoms with van der Waals surface area (Å²) in [4.78, 5) is 29.8. The molecule has 2 aromatic carbocycles. The summed E-state index contributed by atoms with van der Waals surface area (Å²) in [5, 5.41) is 6.99. The molecule has 0 aliphatic carbocycles. The molecule has 5 aromatic rings. The molecule has 0 saturated heterocycles. The maximum Gasteiger partial charge on any atom is 0.255 e. The fourth-order valence-electron chi connectivity index (χ4n) is 3.20. The van der Waals surface area contributed by atoms with Crippen LogP contribution in [0.1, 0.15) is 21.8 Å². The Bertz CT molecular complexity index is 1370. The van der Waals surface area contributed by atoms with E-state index in [2.05, 4.69) is 30.4 Å². The number of aromatic nitrogens is 5. The number of pyridine rings is 1. The lowest BCUT2D eigenvalue weighted by molar-refractivity contribution is 0.102. The summed E-state index contributed by atoms with van der Waals surface area (Å²) in [6.07, 6.45) is 6.97. The third kappa shape index (κ3) is 3.99. The fraction of sp³-hybridized carbons (Fsp3) is 0.0435. The normalized spacial score (nSPS) is 10.8. The number of rotatable bonds is 5. The van der Waals surface area contributed by atoms with Crippen molar-refractivity contribution in [2.45, 2.75) is 6.42 Å². The van der Waals surface area contributed by atoms with Gasteiger partial charge in [0.15, 0.2) is 0 Å². The molecule has 8 heteroatoms. The van der Waals surface area contributed by atoms with Crippen molar-refractivity contribution in [1.82, 2.24) is 25.1 Å². The highest BCUT2D eigenvalue weighted by Crippen LogP contribution is 2.22. The van der Waals surface area contributed by atoms with Gasteiger partial charge in [0.2, 0.25) is 11.7 Å². The summed E-state index contributed by atoms with van der Waals surface area (Å²) in [5.41, 5.74) is 4.21. The van der Waals surface area contributed by atoms with E-state index in [9.17, 15) is 4.79 Å². The van der Waals surface area contributed by atoms with E-state index < -0.39 is 0 Å². The van der Waals surface area contributed by atoms with E-state index in [-0.39, 0.29) is 5.91 Å². The van der Waals surface area contributed by atoms with Crippen LogP contribution in [0, 0.1) is 0 Å². The Balaban J connectivity index is 1.37. The van der Waals surface area contributed by atoms with Crippen LogP contribution < -0.4 is 5.32 Å². The lowest BCUT2D eigenvalue weighted by Crippen LogP contribution is -2.13. The van der Waals surface area contributed by atoms with Gasteiger partial charge in [0.05, 0.1) is 17.5 Å². The van der Waals surface area contributed by atoms with Gasteiger partial charge in [0.1, 0.15) is 0 Å². The quantitative estimate of drug-likeness (QED) is 0.470. The zero-order valence-electron chi connectivity index (χ0n) is 16.3. The molecule has 0 saturated carbocycles. The largest absolute Gasteiger partial charge is 0.339 e. The predicted octanol–water partition coefficient (Wildman–Crippen LogP) is 3.92. The van der Waals surface area contributed by atoms with Crippen LogP contribution >= 0.6 is 0 Å². The molecule has 0 bridgehead atoms.